The Kier molecular flexibility index (Phi) is 5.61. The standard InChI is InChI=1S/C23H19FN2O4/c24-17-8-6-16(7-9-17)23(28)25-18-10-11-20-21(14-18)30-15-22(27)26(20)12-13-29-19-4-2-1-3-5-19/h1-11,14H,12-13,15H2,(H,25,28). The Morgan fingerprint density at radius 1 is 1.07 bits per heavy atom. The van der Waals surface area contributed by atoms with Gasteiger partial charge in [-0.3, -0.25) is 9.59 Å². The second-order valence-electron chi connectivity index (χ2n) is 6.64. The fraction of sp³-hybridized carbons (Fsp3) is 0.130. The van der Waals surface area contributed by atoms with E-state index in [-0.39, 0.29) is 18.4 Å². The minimum atomic E-state index is -0.408. The third-order valence-corrected chi connectivity index (χ3v) is 4.59. The van der Waals surface area contributed by atoms with Crippen molar-refractivity contribution in [1.82, 2.24) is 0 Å². The van der Waals surface area contributed by atoms with E-state index in [1.807, 2.05) is 30.3 Å². The van der Waals surface area contributed by atoms with Crippen molar-refractivity contribution in [2.75, 3.05) is 30.0 Å². The maximum absolute atomic E-state index is 13.0. The molecule has 7 heteroatoms. The highest BCUT2D eigenvalue weighted by Crippen LogP contribution is 2.34. The van der Waals surface area contributed by atoms with E-state index in [1.54, 1.807) is 23.1 Å². The molecule has 0 fully saturated rings. The highest BCUT2D eigenvalue weighted by atomic mass is 19.1. The predicted octanol–water partition coefficient (Wildman–Crippen LogP) is 3.88. The van der Waals surface area contributed by atoms with Crippen molar-refractivity contribution in [3.8, 4) is 11.5 Å². The van der Waals surface area contributed by atoms with Crippen molar-refractivity contribution in [3.63, 3.8) is 0 Å². The molecule has 0 radical (unpaired) electrons. The van der Waals surface area contributed by atoms with Gasteiger partial charge in [0.1, 0.15) is 23.9 Å². The zero-order valence-electron chi connectivity index (χ0n) is 16.0. The zero-order chi connectivity index (χ0) is 20.9. The molecule has 1 aliphatic heterocycles. The molecule has 1 heterocycles. The van der Waals surface area contributed by atoms with E-state index in [4.69, 9.17) is 9.47 Å². The number of para-hydroxylation sites is 1. The van der Waals surface area contributed by atoms with E-state index in [1.165, 1.54) is 24.3 Å². The van der Waals surface area contributed by atoms with Gasteiger partial charge in [-0.2, -0.15) is 0 Å². The van der Waals surface area contributed by atoms with E-state index in [0.717, 1.165) is 5.75 Å². The quantitative estimate of drug-likeness (QED) is 0.675. The van der Waals surface area contributed by atoms with Crippen molar-refractivity contribution in [1.29, 1.82) is 0 Å². The van der Waals surface area contributed by atoms with Crippen molar-refractivity contribution in [2.24, 2.45) is 0 Å². The average Bonchev–Trinajstić information content (AvgIpc) is 2.76. The van der Waals surface area contributed by atoms with Crippen LogP contribution < -0.4 is 19.7 Å². The van der Waals surface area contributed by atoms with Gasteiger partial charge in [-0.05, 0) is 48.5 Å². The van der Waals surface area contributed by atoms with Gasteiger partial charge in [0, 0.05) is 17.3 Å². The molecule has 3 aromatic carbocycles. The van der Waals surface area contributed by atoms with Crippen molar-refractivity contribution in [2.45, 2.75) is 0 Å². The number of anilines is 2. The molecule has 3 aromatic rings. The van der Waals surface area contributed by atoms with E-state index >= 15 is 0 Å². The van der Waals surface area contributed by atoms with Crippen molar-refractivity contribution < 1.29 is 23.5 Å². The lowest BCUT2D eigenvalue weighted by Crippen LogP contribution is -2.41. The largest absolute Gasteiger partial charge is 0.492 e. The summed E-state index contributed by atoms with van der Waals surface area (Å²) in [5, 5.41) is 2.75. The first kappa shape index (κ1) is 19.4. The lowest BCUT2D eigenvalue weighted by atomic mass is 10.2. The maximum atomic E-state index is 13.0. The molecule has 0 atom stereocenters. The molecule has 0 aromatic heterocycles. The van der Waals surface area contributed by atoms with Crippen LogP contribution in [0.2, 0.25) is 0 Å². The van der Waals surface area contributed by atoms with Gasteiger partial charge in [0.15, 0.2) is 6.61 Å². The molecule has 152 valence electrons. The second-order valence-corrected chi connectivity index (χ2v) is 6.64. The summed E-state index contributed by atoms with van der Waals surface area (Å²) in [5.74, 6) is 0.287. The van der Waals surface area contributed by atoms with Crippen LogP contribution in [0.1, 0.15) is 10.4 Å². The highest BCUT2D eigenvalue weighted by molar-refractivity contribution is 6.05. The number of hydrogen-bond donors (Lipinski definition) is 1. The van der Waals surface area contributed by atoms with Crippen molar-refractivity contribution in [3.05, 3.63) is 84.2 Å². The topological polar surface area (TPSA) is 67.9 Å². The SMILES string of the molecule is O=C(Nc1ccc2c(c1)OCC(=O)N2CCOc1ccccc1)c1ccc(F)cc1. The number of halogens is 1. The van der Waals surface area contributed by atoms with E-state index in [0.29, 0.717) is 35.8 Å². The minimum Gasteiger partial charge on any atom is -0.492 e. The first-order chi connectivity index (χ1) is 14.6. The van der Waals surface area contributed by atoms with Crippen LogP contribution in [0.3, 0.4) is 0 Å². The minimum absolute atomic E-state index is 0.0896. The van der Waals surface area contributed by atoms with Gasteiger partial charge < -0.3 is 19.7 Å². The zero-order valence-corrected chi connectivity index (χ0v) is 16.0. The van der Waals surface area contributed by atoms with Crippen LogP contribution in [0.15, 0.2) is 72.8 Å². The van der Waals surface area contributed by atoms with Crippen LogP contribution in [0.25, 0.3) is 0 Å². The highest BCUT2D eigenvalue weighted by Gasteiger charge is 2.26. The molecule has 4 rings (SSSR count). The molecule has 0 unspecified atom stereocenters. The van der Waals surface area contributed by atoms with Gasteiger partial charge in [0.2, 0.25) is 0 Å². The Morgan fingerprint density at radius 3 is 2.60 bits per heavy atom. The number of carbonyl (C=O) groups is 2. The van der Waals surface area contributed by atoms with Crippen molar-refractivity contribution >= 4 is 23.2 Å². The second kappa shape index (κ2) is 8.65. The van der Waals surface area contributed by atoms with Gasteiger partial charge >= 0.3 is 0 Å². The Bertz CT molecular complexity index is 1050. The Labute approximate surface area is 172 Å². The average molecular weight is 406 g/mol. The maximum Gasteiger partial charge on any atom is 0.265 e. The van der Waals surface area contributed by atoms with Crippen LogP contribution in [0, 0.1) is 5.82 Å². The number of fused-ring (bicyclic) bond motifs is 1. The summed E-state index contributed by atoms with van der Waals surface area (Å²) in [6.45, 7) is 0.608. The summed E-state index contributed by atoms with van der Waals surface area (Å²) in [5.41, 5.74) is 1.46. The van der Waals surface area contributed by atoms with Gasteiger partial charge in [0.25, 0.3) is 11.8 Å². The van der Waals surface area contributed by atoms with Crippen LogP contribution in [0.4, 0.5) is 15.8 Å². The lowest BCUT2D eigenvalue weighted by Gasteiger charge is -2.29. The smallest absolute Gasteiger partial charge is 0.265 e. The molecule has 0 bridgehead atoms. The first-order valence-corrected chi connectivity index (χ1v) is 9.42. The first-order valence-electron chi connectivity index (χ1n) is 9.42. The van der Waals surface area contributed by atoms with Gasteiger partial charge in [-0.15, -0.1) is 0 Å². The molecular formula is C23H19FN2O4. The summed E-state index contributed by atoms with van der Waals surface area (Å²) in [4.78, 5) is 26.3. The molecule has 0 saturated heterocycles. The molecule has 0 spiro atoms. The van der Waals surface area contributed by atoms with Crippen LogP contribution in [-0.2, 0) is 4.79 Å². The lowest BCUT2D eigenvalue weighted by molar-refractivity contribution is -0.121. The number of nitrogens with one attached hydrogen (secondary N) is 1. The summed E-state index contributed by atoms with van der Waals surface area (Å²) in [6, 6.07) is 19.7. The summed E-state index contributed by atoms with van der Waals surface area (Å²) in [6.07, 6.45) is 0. The molecule has 2 amide bonds. The summed E-state index contributed by atoms with van der Waals surface area (Å²) in [7, 11) is 0. The van der Waals surface area contributed by atoms with E-state index < -0.39 is 5.82 Å². The molecule has 1 aliphatic rings. The fourth-order valence-corrected chi connectivity index (χ4v) is 3.10. The molecule has 6 nitrogen and oxygen atoms in total. The molecule has 0 saturated carbocycles. The monoisotopic (exact) mass is 406 g/mol. The summed E-state index contributed by atoms with van der Waals surface area (Å²) >= 11 is 0. The number of rotatable bonds is 6. The van der Waals surface area contributed by atoms with E-state index in [2.05, 4.69) is 5.32 Å². The normalized spacial score (nSPS) is 12.7. The van der Waals surface area contributed by atoms with Crippen LogP contribution in [0.5, 0.6) is 11.5 Å². The molecular weight excluding hydrogens is 387 g/mol. The van der Waals surface area contributed by atoms with E-state index in [9.17, 15) is 14.0 Å². The Balaban J connectivity index is 1.44. The Morgan fingerprint density at radius 2 is 1.83 bits per heavy atom. The number of amides is 2. The number of carbonyl (C=O) groups excluding carboxylic acids is 2. The predicted molar refractivity (Wildman–Crippen MR) is 111 cm³/mol. The van der Waals surface area contributed by atoms with Crippen LogP contribution in [-0.4, -0.2) is 31.6 Å². The van der Waals surface area contributed by atoms with Gasteiger partial charge in [-0.25, -0.2) is 4.39 Å². The number of ether oxygens (including phenoxy) is 2. The molecule has 30 heavy (non-hydrogen) atoms. The number of benzene rings is 3. The third kappa shape index (κ3) is 4.41. The number of nitrogens with zero attached hydrogens (tertiary/aromatic N) is 1. The Hall–Kier alpha value is -3.87. The number of hydrogen-bond acceptors (Lipinski definition) is 4. The van der Waals surface area contributed by atoms with Crippen LogP contribution >= 0.6 is 0 Å². The third-order valence-electron chi connectivity index (χ3n) is 4.59. The fourth-order valence-electron chi connectivity index (χ4n) is 3.10. The summed E-state index contributed by atoms with van der Waals surface area (Å²) < 4.78 is 24.3. The van der Waals surface area contributed by atoms with Gasteiger partial charge in [-0.1, -0.05) is 18.2 Å². The van der Waals surface area contributed by atoms with Gasteiger partial charge in [0.05, 0.1) is 12.2 Å². The molecule has 0 aliphatic carbocycles. The molecule has 1 N–H and O–H groups in total.